The molecule has 24 heavy (non-hydrogen) atoms. The maximum atomic E-state index is 12.7. The summed E-state index contributed by atoms with van der Waals surface area (Å²) in [5, 5.41) is 13.2. The lowest BCUT2D eigenvalue weighted by Crippen LogP contribution is -2.33. The Labute approximate surface area is 141 Å². The summed E-state index contributed by atoms with van der Waals surface area (Å²) in [7, 11) is 0. The smallest absolute Gasteiger partial charge is 0.305 e. The van der Waals surface area contributed by atoms with Gasteiger partial charge in [-0.05, 0) is 18.9 Å². The molecule has 2 rings (SSSR count). The van der Waals surface area contributed by atoms with Crippen molar-refractivity contribution >= 4 is 11.9 Å². The Morgan fingerprint density at radius 3 is 2.50 bits per heavy atom. The molecule has 0 saturated carbocycles. The molecule has 1 aromatic heterocycles. The highest BCUT2D eigenvalue weighted by molar-refractivity contribution is 5.95. The number of hydrogen-bond donors (Lipinski definition) is 1. The summed E-state index contributed by atoms with van der Waals surface area (Å²) in [4.78, 5) is 25.0. The molecular weight excluding hydrogens is 306 g/mol. The number of rotatable bonds is 8. The van der Waals surface area contributed by atoms with Gasteiger partial charge in [-0.1, -0.05) is 37.3 Å². The molecule has 0 saturated heterocycles. The van der Waals surface area contributed by atoms with Crippen molar-refractivity contribution < 1.29 is 14.7 Å². The van der Waals surface area contributed by atoms with Gasteiger partial charge in [0.05, 0.1) is 30.4 Å². The third kappa shape index (κ3) is 4.22. The molecule has 1 heterocycles. The molecule has 128 valence electrons. The van der Waals surface area contributed by atoms with Crippen LogP contribution in [0.5, 0.6) is 0 Å². The van der Waals surface area contributed by atoms with Gasteiger partial charge in [0.25, 0.3) is 5.91 Å². The van der Waals surface area contributed by atoms with E-state index in [1.54, 1.807) is 11.1 Å². The van der Waals surface area contributed by atoms with Crippen LogP contribution in [0.25, 0.3) is 0 Å². The molecule has 0 aliphatic carbocycles. The number of amides is 1. The molecule has 0 fully saturated rings. The van der Waals surface area contributed by atoms with Crippen molar-refractivity contribution in [2.24, 2.45) is 0 Å². The molecular formula is C18H23N3O3. The fourth-order valence-electron chi connectivity index (χ4n) is 2.66. The fourth-order valence-corrected chi connectivity index (χ4v) is 2.66. The van der Waals surface area contributed by atoms with E-state index in [0.29, 0.717) is 25.1 Å². The molecule has 0 spiro atoms. The van der Waals surface area contributed by atoms with E-state index in [1.165, 1.54) is 0 Å². The van der Waals surface area contributed by atoms with Crippen LogP contribution in [-0.2, 0) is 17.8 Å². The Kier molecular flexibility index (Phi) is 6.12. The average molecular weight is 329 g/mol. The molecule has 0 aliphatic rings. The Morgan fingerprint density at radius 2 is 1.92 bits per heavy atom. The number of carboxylic acid groups (broad SMARTS) is 1. The lowest BCUT2D eigenvalue weighted by Gasteiger charge is -2.20. The normalized spacial score (nSPS) is 10.6. The molecule has 6 heteroatoms. The first-order valence-electron chi connectivity index (χ1n) is 8.16. The van der Waals surface area contributed by atoms with Gasteiger partial charge in [0.1, 0.15) is 0 Å². The lowest BCUT2D eigenvalue weighted by molar-refractivity contribution is -0.137. The minimum atomic E-state index is -0.906. The van der Waals surface area contributed by atoms with Crippen LogP contribution in [0.1, 0.15) is 41.9 Å². The number of hydrogen-bond acceptors (Lipinski definition) is 3. The monoisotopic (exact) mass is 329 g/mol. The third-order valence-electron chi connectivity index (χ3n) is 3.95. The minimum absolute atomic E-state index is 0.0564. The van der Waals surface area contributed by atoms with E-state index in [-0.39, 0.29) is 18.9 Å². The van der Waals surface area contributed by atoms with Gasteiger partial charge in [-0.3, -0.25) is 14.3 Å². The van der Waals surface area contributed by atoms with Crippen molar-refractivity contribution in [1.82, 2.24) is 14.7 Å². The SMILES string of the molecule is CCc1c(C(=O)N(CC)CCC(=O)O)cnn1Cc1ccccc1. The zero-order valence-electron chi connectivity index (χ0n) is 14.1. The summed E-state index contributed by atoms with van der Waals surface area (Å²) in [5.74, 6) is -1.06. The predicted octanol–water partition coefficient (Wildman–Crippen LogP) is 2.43. The van der Waals surface area contributed by atoms with E-state index in [4.69, 9.17) is 5.11 Å². The van der Waals surface area contributed by atoms with Gasteiger partial charge in [0.2, 0.25) is 0 Å². The second-order valence-corrected chi connectivity index (χ2v) is 5.53. The molecule has 1 N–H and O–H groups in total. The fraction of sp³-hybridized carbons (Fsp3) is 0.389. The first-order valence-corrected chi connectivity index (χ1v) is 8.16. The molecule has 0 atom stereocenters. The highest BCUT2D eigenvalue weighted by Gasteiger charge is 2.21. The second kappa shape index (κ2) is 8.29. The van der Waals surface area contributed by atoms with Crippen LogP contribution < -0.4 is 0 Å². The van der Waals surface area contributed by atoms with Crippen LogP contribution in [0.3, 0.4) is 0 Å². The summed E-state index contributed by atoms with van der Waals surface area (Å²) < 4.78 is 1.84. The van der Waals surface area contributed by atoms with Crippen LogP contribution in [0.4, 0.5) is 0 Å². The van der Waals surface area contributed by atoms with Crippen LogP contribution in [0, 0.1) is 0 Å². The summed E-state index contributed by atoms with van der Waals surface area (Å²) in [6.45, 7) is 5.12. The number of carbonyl (C=O) groups excluding carboxylic acids is 1. The van der Waals surface area contributed by atoms with Gasteiger partial charge >= 0.3 is 5.97 Å². The number of nitrogens with zero attached hydrogens (tertiary/aromatic N) is 3. The quantitative estimate of drug-likeness (QED) is 0.807. The number of carbonyl (C=O) groups is 2. The van der Waals surface area contributed by atoms with E-state index in [1.807, 2.05) is 48.9 Å². The topological polar surface area (TPSA) is 75.4 Å². The largest absolute Gasteiger partial charge is 0.481 e. The van der Waals surface area contributed by atoms with E-state index >= 15 is 0 Å². The number of aliphatic carboxylic acids is 1. The van der Waals surface area contributed by atoms with Crippen molar-refractivity contribution in [3.63, 3.8) is 0 Å². The van der Waals surface area contributed by atoms with Gasteiger partial charge in [-0.2, -0.15) is 5.10 Å². The van der Waals surface area contributed by atoms with Gasteiger partial charge in [0.15, 0.2) is 0 Å². The Hall–Kier alpha value is -2.63. The van der Waals surface area contributed by atoms with Crippen molar-refractivity contribution in [1.29, 1.82) is 0 Å². The van der Waals surface area contributed by atoms with E-state index < -0.39 is 5.97 Å². The number of benzene rings is 1. The minimum Gasteiger partial charge on any atom is -0.481 e. The Morgan fingerprint density at radius 1 is 1.21 bits per heavy atom. The molecule has 6 nitrogen and oxygen atoms in total. The zero-order chi connectivity index (χ0) is 17.5. The summed E-state index contributed by atoms with van der Waals surface area (Å²) in [6.07, 6.45) is 2.22. The molecule has 0 aliphatic heterocycles. The van der Waals surface area contributed by atoms with Gasteiger partial charge in [0, 0.05) is 13.1 Å². The molecule has 0 bridgehead atoms. The second-order valence-electron chi connectivity index (χ2n) is 5.53. The van der Waals surface area contributed by atoms with Gasteiger partial charge < -0.3 is 10.0 Å². The van der Waals surface area contributed by atoms with Crippen LogP contribution >= 0.6 is 0 Å². The van der Waals surface area contributed by atoms with Crippen LogP contribution in [-0.4, -0.2) is 44.8 Å². The number of aromatic nitrogens is 2. The average Bonchev–Trinajstić information content (AvgIpc) is 2.98. The number of carboxylic acids is 1. The summed E-state index contributed by atoms with van der Waals surface area (Å²) >= 11 is 0. The maximum absolute atomic E-state index is 12.7. The van der Waals surface area contributed by atoms with Crippen molar-refractivity contribution in [3.05, 3.63) is 53.3 Å². The highest BCUT2D eigenvalue weighted by atomic mass is 16.4. The van der Waals surface area contributed by atoms with Crippen LogP contribution in [0.2, 0.25) is 0 Å². The van der Waals surface area contributed by atoms with Crippen LogP contribution in [0.15, 0.2) is 36.5 Å². The van der Waals surface area contributed by atoms with Gasteiger partial charge in [-0.15, -0.1) is 0 Å². The van der Waals surface area contributed by atoms with Crippen molar-refractivity contribution in [2.75, 3.05) is 13.1 Å². The van der Waals surface area contributed by atoms with Gasteiger partial charge in [-0.25, -0.2) is 0 Å². The molecule has 0 radical (unpaired) electrons. The Bertz CT molecular complexity index is 695. The predicted molar refractivity (Wildman–Crippen MR) is 91.0 cm³/mol. The Balaban J connectivity index is 2.20. The maximum Gasteiger partial charge on any atom is 0.305 e. The zero-order valence-corrected chi connectivity index (χ0v) is 14.1. The first kappa shape index (κ1) is 17.7. The molecule has 2 aromatic rings. The van der Waals surface area contributed by atoms with E-state index in [2.05, 4.69) is 5.10 Å². The summed E-state index contributed by atoms with van der Waals surface area (Å²) in [6, 6.07) is 9.95. The molecule has 0 unspecified atom stereocenters. The summed E-state index contributed by atoms with van der Waals surface area (Å²) in [5.41, 5.74) is 2.55. The van der Waals surface area contributed by atoms with E-state index in [9.17, 15) is 9.59 Å². The highest BCUT2D eigenvalue weighted by Crippen LogP contribution is 2.15. The lowest BCUT2D eigenvalue weighted by atomic mass is 10.1. The third-order valence-corrected chi connectivity index (χ3v) is 3.95. The van der Waals surface area contributed by atoms with Crippen molar-refractivity contribution in [3.8, 4) is 0 Å². The van der Waals surface area contributed by atoms with E-state index in [0.717, 1.165) is 11.3 Å². The standard InChI is InChI=1S/C18H23N3O3/c1-3-16-15(18(24)20(4-2)11-10-17(22)23)12-19-21(16)13-14-8-6-5-7-9-14/h5-9,12H,3-4,10-11,13H2,1-2H3,(H,22,23). The molecule has 1 amide bonds. The van der Waals surface area contributed by atoms with Crippen molar-refractivity contribution in [2.45, 2.75) is 33.2 Å². The molecule has 1 aromatic carbocycles. The first-order chi connectivity index (χ1) is 11.6.